The highest BCUT2D eigenvalue weighted by Gasteiger charge is 2.14. The minimum Gasteiger partial charge on any atom is -0.466 e. The van der Waals surface area contributed by atoms with Crippen molar-refractivity contribution in [2.45, 2.75) is 40.8 Å². The van der Waals surface area contributed by atoms with Crippen LogP contribution in [0.1, 0.15) is 40.2 Å². The molecule has 0 saturated carbocycles. The molecule has 0 aliphatic carbocycles. The Kier molecular flexibility index (Phi) is 3.74. The van der Waals surface area contributed by atoms with E-state index < -0.39 is 0 Å². The summed E-state index contributed by atoms with van der Waals surface area (Å²) in [6, 6.07) is 3.74. The molecule has 1 amide bonds. The van der Waals surface area contributed by atoms with Gasteiger partial charge in [0.15, 0.2) is 0 Å². The quantitative estimate of drug-likeness (QED) is 0.919. The van der Waals surface area contributed by atoms with E-state index >= 15 is 0 Å². The summed E-state index contributed by atoms with van der Waals surface area (Å²) >= 11 is 0. The van der Waals surface area contributed by atoms with Crippen LogP contribution in [0.15, 0.2) is 16.5 Å². The maximum absolute atomic E-state index is 12.1. The summed E-state index contributed by atoms with van der Waals surface area (Å²) in [5.74, 6) is 1.28. The molecule has 1 N–H and O–H groups in total. The van der Waals surface area contributed by atoms with Crippen molar-refractivity contribution in [3.8, 4) is 0 Å². The maximum atomic E-state index is 12.1. The summed E-state index contributed by atoms with van der Waals surface area (Å²) in [5, 5.41) is 7.25. The molecule has 2 heterocycles. The van der Waals surface area contributed by atoms with E-state index in [0.717, 1.165) is 23.7 Å². The number of hydrogen-bond donors (Lipinski definition) is 1. The van der Waals surface area contributed by atoms with Gasteiger partial charge in [-0.05, 0) is 39.8 Å². The van der Waals surface area contributed by atoms with E-state index in [1.54, 1.807) is 13.0 Å². The van der Waals surface area contributed by atoms with E-state index in [4.69, 9.17) is 4.42 Å². The fraction of sp³-hybridized carbons (Fsp3) is 0.429. The van der Waals surface area contributed by atoms with E-state index in [0.29, 0.717) is 17.9 Å². The van der Waals surface area contributed by atoms with Gasteiger partial charge in [-0.15, -0.1) is 0 Å². The average Bonchev–Trinajstić information content (AvgIpc) is 2.88. The van der Waals surface area contributed by atoms with E-state index in [9.17, 15) is 4.79 Å². The first-order valence-corrected chi connectivity index (χ1v) is 6.39. The Morgan fingerprint density at radius 3 is 2.68 bits per heavy atom. The Morgan fingerprint density at radius 1 is 1.37 bits per heavy atom. The second-order valence-electron chi connectivity index (χ2n) is 4.60. The van der Waals surface area contributed by atoms with Crippen LogP contribution in [0.5, 0.6) is 0 Å². The lowest BCUT2D eigenvalue weighted by atomic mass is 10.2. The number of carbonyl (C=O) groups excluding carboxylic acids is 1. The molecule has 0 saturated heterocycles. The second-order valence-corrected chi connectivity index (χ2v) is 4.60. The molecule has 0 spiro atoms. The summed E-state index contributed by atoms with van der Waals surface area (Å²) in [6.45, 7) is 8.87. The summed E-state index contributed by atoms with van der Waals surface area (Å²) in [7, 11) is 0. The van der Waals surface area contributed by atoms with Gasteiger partial charge in [-0.2, -0.15) is 5.10 Å². The molecule has 2 rings (SSSR count). The summed E-state index contributed by atoms with van der Waals surface area (Å²) in [6.07, 6.45) is 0. The van der Waals surface area contributed by atoms with Crippen molar-refractivity contribution in [2.75, 3.05) is 0 Å². The highest BCUT2D eigenvalue weighted by Crippen LogP contribution is 2.13. The van der Waals surface area contributed by atoms with E-state index in [1.807, 2.05) is 31.5 Å². The summed E-state index contributed by atoms with van der Waals surface area (Å²) in [5.41, 5.74) is 2.56. The number of aromatic nitrogens is 2. The molecule has 102 valence electrons. The monoisotopic (exact) mass is 261 g/mol. The van der Waals surface area contributed by atoms with Gasteiger partial charge >= 0.3 is 0 Å². The minimum atomic E-state index is -0.115. The minimum absolute atomic E-state index is 0.115. The number of rotatable bonds is 4. The molecule has 0 radical (unpaired) electrons. The molecule has 0 aliphatic rings. The van der Waals surface area contributed by atoms with Crippen LogP contribution < -0.4 is 5.32 Å². The molecule has 0 aliphatic heterocycles. The highest BCUT2D eigenvalue weighted by molar-refractivity contribution is 5.95. The van der Waals surface area contributed by atoms with Gasteiger partial charge in [0.2, 0.25) is 0 Å². The predicted molar refractivity (Wildman–Crippen MR) is 72.0 cm³/mol. The Labute approximate surface area is 112 Å². The first-order valence-electron chi connectivity index (χ1n) is 6.39. The molecule has 0 aromatic carbocycles. The van der Waals surface area contributed by atoms with Crippen LogP contribution in [0.25, 0.3) is 0 Å². The van der Waals surface area contributed by atoms with E-state index in [2.05, 4.69) is 10.4 Å². The zero-order valence-corrected chi connectivity index (χ0v) is 11.8. The van der Waals surface area contributed by atoms with Crippen LogP contribution in [-0.4, -0.2) is 15.7 Å². The number of amides is 1. The summed E-state index contributed by atoms with van der Waals surface area (Å²) in [4.78, 5) is 12.1. The van der Waals surface area contributed by atoms with Crippen molar-refractivity contribution in [2.24, 2.45) is 0 Å². The fourth-order valence-corrected chi connectivity index (χ4v) is 2.14. The number of furan rings is 1. The van der Waals surface area contributed by atoms with Crippen LogP contribution in [0, 0.1) is 20.8 Å². The van der Waals surface area contributed by atoms with Gasteiger partial charge in [0.1, 0.15) is 11.5 Å². The molecule has 2 aromatic heterocycles. The molecular weight excluding hydrogens is 242 g/mol. The number of nitrogens with zero attached hydrogens (tertiary/aromatic N) is 2. The number of nitrogens with one attached hydrogen (secondary N) is 1. The van der Waals surface area contributed by atoms with Crippen molar-refractivity contribution in [3.05, 3.63) is 40.6 Å². The lowest BCUT2D eigenvalue weighted by Crippen LogP contribution is -2.24. The van der Waals surface area contributed by atoms with Crippen LogP contribution in [0.3, 0.4) is 0 Å². The van der Waals surface area contributed by atoms with Gasteiger partial charge in [-0.25, -0.2) is 0 Å². The molecule has 19 heavy (non-hydrogen) atoms. The topological polar surface area (TPSA) is 60.1 Å². The largest absolute Gasteiger partial charge is 0.466 e. The third-order valence-corrected chi connectivity index (χ3v) is 3.00. The highest BCUT2D eigenvalue weighted by atomic mass is 16.3. The zero-order chi connectivity index (χ0) is 14.0. The Bertz CT molecular complexity index is 596. The maximum Gasteiger partial charge on any atom is 0.255 e. The third-order valence-electron chi connectivity index (χ3n) is 3.00. The average molecular weight is 261 g/mol. The molecule has 0 bridgehead atoms. The fourth-order valence-electron chi connectivity index (χ4n) is 2.14. The first-order chi connectivity index (χ1) is 9.01. The van der Waals surface area contributed by atoms with Crippen molar-refractivity contribution in [1.82, 2.24) is 15.1 Å². The lowest BCUT2D eigenvalue weighted by molar-refractivity contribution is 0.0948. The molecule has 5 heteroatoms. The molecule has 0 fully saturated rings. The van der Waals surface area contributed by atoms with E-state index in [1.165, 1.54) is 0 Å². The Balaban J connectivity index is 2.06. The lowest BCUT2D eigenvalue weighted by Gasteiger charge is -2.06. The summed E-state index contributed by atoms with van der Waals surface area (Å²) < 4.78 is 7.25. The predicted octanol–water partition coefficient (Wildman–Crippen LogP) is 2.35. The first kappa shape index (κ1) is 13.4. The van der Waals surface area contributed by atoms with E-state index in [-0.39, 0.29) is 5.91 Å². The molecule has 0 atom stereocenters. The van der Waals surface area contributed by atoms with Crippen molar-refractivity contribution >= 4 is 5.91 Å². The Morgan fingerprint density at radius 2 is 2.11 bits per heavy atom. The number of carbonyl (C=O) groups is 1. The molecular formula is C14H19N3O2. The molecule has 0 unspecified atom stereocenters. The van der Waals surface area contributed by atoms with Gasteiger partial charge in [-0.1, -0.05) is 0 Å². The standard InChI is InChI=1S/C14H19N3O2/c1-5-17-12(6-9(2)16-17)8-15-14(18)13-7-10(3)19-11(13)4/h6-7H,5,8H2,1-4H3,(H,15,18). The smallest absolute Gasteiger partial charge is 0.255 e. The molecule has 5 nitrogen and oxygen atoms in total. The van der Waals surface area contributed by atoms with Crippen molar-refractivity contribution in [3.63, 3.8) is 0 Å². The van der Waals surface area contributed by atoms with Gasteiger partial charge in [0.05, 0.1) is 23.5 Å². The SMILES string of the molecule is CCn1nc(C)cc1CNC(=O)c1cc(C)oc1C. The van der Waals surface area contributed by atoms with Crippen molar-refractivity contribution in [1.29, 1.82) is 0 Å². The normalized spacial score (nSPS) is 10.7. The Hall–Kier alpha value is -2.04. The molecule has 2 aromatic rings. The zero-order valence-electron chi connectivity index (χ0n) is 11.8. The number of aryl methyl sites for hydroxylation is 4. The van der Waals surface area contributed by atoms with Gasteiger partial charge in [-0.3, -0.25) is 9.48 Å². The van der Waals surface area contributed by atoms with Crippen LogP contribution in [-0.2, 0) is 13.1 Å². The van der Waals surface area contributed by atoms with Gasteiger partial charge in [0.25, 0.3) is 5.91 Å². The van der Waals surface area contributed by atoms with Crippen LogP contribution >= 0.6 is 0 Å². The van der Waals surface area contributed by atoms with Gasteiger partial charge in [0, 0.05) is 6.54 Å². The van der Waals surface area contributed by atoms with Crippen LogP contribution in [0.2, 0.25) is 0 Å². The van der Waals surface area contributed by atoms with Crippen molar-refractivity contribution < 1.29 is 9.21 Å². The second kappa shape index (κ2) is 5.30. The number of hydrogen-bond acceptors (Lipinski definition) is 3. The van der Waals surface area contributed by atoms with Gasteiger partial charge < -0.3 is 9.73 Å². The third kappa shape index (κ3) is 2.86. The van der Waals surface area contributed by atoms with Crippen LogP contribution in [0.4, 0.5) is 0 Å².